The van der Waals surface area contributed by atoms with Crippen LogP contribution in [-0.2, 0) is 14.3 Å². The SMILES string of the molecule is CCOc1cc(C(Nc2ccc(C(=N)N)cc2)c2nn(-c3ncccc3OC)c(=O)[nH]2)ccc1OC(OC(C)=O)C(=O)NC. The molecule has 0 aliphatic rings. The Morgan fingerprint density at radius 2 is 1.86 bits per heavy atom. The van der Waals surface area contributed by atoms with Gasteiger partial charge in [-0.2, -0.15) is 4.68 Å². The Hall–Kier alpha value is -5.86. The number of ether oxygens (including phenoxy) is 4. The molecule has 2 aromatic heterocycles. The molecule has 0 saturated carbocycles. The minimum absolute atomic E-state index is 0.0822. The maximum absolute atomic E-state index is 13.1. The predicted octanol–water partition coefficient (Wildman–Crippen LogP) is 1.86. The second kappa shape index (κ2) is 13.9. The smallest absolute Gasteiger partial charge is 0.349 e. The highest BCUT2D eigenvalue weighted by Gasteiger charge is 2.27. The maximum Gasteiger partial charge on any atom is 0.349 e. The lowest BCUT2D eigenvalue weighted by atomic mass is 10.0. The van der Waals surface area contributed by atoms with Crippen molar-refractivity contribution < 1.29 is 28.5 Å². The highest BCUT2D eigenvalue weighted by Crippen LogP contribution is 2.34. The molecular formula is C29H32N8O7. The van der Waals surface area contributed by atoms with E-state index in [1.165, 1.54) is 20.4 Å². The lowest BCUT2D eigenvalue weighted by Gasteiger charge is -2.22. The van der Waals surface area contributed by atoms with Gasteiger partial charge in [0.1, 0.15) is 11.9 Å². The summed E-state index contributed by atoms with van der Waals surface area (Å²) in [5.74, 6) is -0.346. The highest BCUT2D eigenvalue weighted by molar-refractivity contribution is 5.95. The number of methoxy groups -OCH3 is 1. The van der Waals surface area contributed by atoms with E-state index >= 15 is 0 Å². The molecule has 0 saturated heterocycles. The number of hydrogen-bond acceptors (Lipinski definition) is 11. The van der Waals surface area contributed by atoms with Crippen LogP contribution < -0.4 is 36.3 Å². The van der Waals surface area contributed by atoms with Crippen molar-refractivity contribution >= 4 is 23.4 Å². The van der Waals surface area contributed by atoms with Crippen molar-refractivity contribution in [1.82, 2.24) is 25.1 Å². The normalized spacial score (nSPS) is 12.0. The van der Waals surface area contributed by atoms with Crippen molar-refractivity contribution in [2.45, 2.75) is 26.2 Å². The zero-order chi connectivity index (χ0) is 31.8. The summed E-state index contributed by atoms with van der Waals surface area (Å²) in [5.41, 5.74) is 6.78. The third-order valence-corrected chi connectivity index (χ3v) is 6.16. The molecule has 2 heterocycles. The minimum Gasteiger partial charge on any atom is -0.493 e. The van der Waals surface area contributed by atoms with E-state index in [-0.39, 0.29) is 35.6 Å². The van der Waals surface area contributed by atoms with Gasteiger partial charge in [0.15, 0.2) is 23.1 Å². The number of nitrogens with two attached hydrogens (primary N) is 1. The Bertz CT molecular complexity index is 1700. The lowest BCUT2D eigenvalue weighted by molar-refractivity contribution is -0.170. The average Bonchev–Trinajstić information content (AvgIpc) is 3.40. The topological polar surface area (TPSA) is 209 Å². The Morgan fingerprint density at radius 1 is 1.11 bits per heavy atom. The summed E-state index contributed by atoms with van der Waals surface area (Å²) < 4.78 is 23.0. The van der Waals surface area contributed by atoms with Gasteiger partial charge in [0.05, 0.1) is 13.7 Å². The maximum atomic E-state index is 13.1. The van der Waals surface area contributed by atoms with Crippen LogP contribution >= 0.6 is 0 Å². The van der Waals surface area contributed by atoms with Gasteiger partial charge in [-0.15, -0.1) is 5.10 Å². The van der Waals surface area contributed by atoms with Crippen LogP contribution in [0, 0.1) is 5.41 Å². The lowest BCUT2D eigenvalue weighted by Crippen LogP contribution is -2.39. The molecule has 0 bridgehead atoms. The van der Waals surface area contributed by atoms with Gasteiger partial charge in [0, 0.05) is 31.4 Å². The molecule has 0 radical (unpaired) electrons. The summed E-state index contributed by atoms with van der Waals surface area (Å²) in [6.07, 6.45) is -0.0448. The van der Waals surface area contributed by atoms with Gasteiger partial charge in [-0.25, -0.2) is 9.78 Å². The molecule has 4 aromatic rings. The number of aromatic nitrogens is 4. The molecule has 2 aromatic carbocycles. The fourth-order valence-electron chi connectivity index (χ4n) is 4.12. The largest absolute Gasteiger partial charge is 0.493 e. The van der Waals surface area contributed by atoms with E-state index in [9.17, 15) is 14.4 Å². The van der Waals surface area contributed by atoms with E-state index in [4.69, 9.17) is 30.1 Å². The standard InChI is InChI=1S/C29H32N8O7/c1-5-42-22-15-18(10-13-20(22)44-28(27(39)32-3)43-16(2)38)23(34-19-11-8-17(9-12-19)24(30)31)25-35-29(40)37(36-25)26-21(41-4)7-6-14-33-26/h6-15,23,28,34H,5H2,1-4H3,(H3,30,31)(H,32,39)(H,35,36,40). The number of H-pyrrole nitrogens is 1. The van der Waals surface area contributed by atoms with Crippen molar-refractivity contribution in [2.75, 3.05) is 26.1 Å². The first-order valence-corrected chi connectivity index (χ1v) is 13.4. The van der Waals surface area contributed by atoms with Crippen molar-refractivity contribution in [2.24, 2.45) is 5.73 Å². The summed E-state index contributed by atoms with van der Waals surface area (Å²) in [4.78, 5) is 44.0. The second-order valence-corrected chi connectivity index (χ2v) is 9.14. The number of nitrogens with one attached hydrogen (secondary N) is 4. The van der Waals surface area contributed by atoms with E-state index in [1.807, 2.05) is 0 Å². The van der Waals surface area contributed by atoms with Crippen molar-refractivity contribution in [3.8, 4) is 23.1 Å². The van der Waals surface area contributed by atoms with Crippen LogP contribution in [0.1, 0.15) is 36.8 Å². The van der Waals surface area contributed by atoms with E-state index in [1.54, 1.807) is 61.5 Å². The van der Waals surface area contributed by atoms with E-state index in [0.717, 1.165) is 11.6 Å². The molecule has 2 atom stereocenters. The van der Waals surface area contributed by atoms with Crippen LogP contribution in [0.15, 0.2) is 65.6 Å². The Kier molecular flexibility index (Phi) is 9.80. The Balaban J connectivity index is 1.80. The second-order valence-electron chi connectivity index (χ2n) is 9.14. The summed E-state index contributed by atoms with van der Waals surface area (Å²) >= 11 is 0. The zero-order valence-corrected chi connectivity index (χ0v) is 24.4. The van der Waals surface area contributed by atoms with Crippen LogP contribution in [0.2, 0.25) is 0 Å². The molecule has 6 N–H and O–H groups in total. The van der Waals surface area contributed by atoms with Crippen LogP contribution in [-0.4, -0.2) is 64.5 Å². The number of nitrogens with zero attached hydrogens (tertiary/aromatic N) is 3. The minimum atomic E-state index is -1.56. The van der Waals surface area contributed by atoms with E-state index in [2.05, 4.69) is 25.7 Å². The number of carbonyl (C=O) groups excluding carboxylic acids is 2. The van der Waals surface area contributed by atoms with Gasteiger partial charge in [-0.05, 0) is 61.0 Å². The quantitative estimate of drug-likeness (QED) is 0.0644. The Morgan fingerprint density at radius 3 is 2.50 bits per heavy atom. The molecule has 1 amide bonds. The molecule has 4 rings (SSSR count). The first-order chi connectivity index (χ1) is 21.1. The number of aromatic amines is 1. The number of amidine groups is 1. The van der Waals surface area contributed by atoms with Gasteiger partial charge in [-0.1, -0.05) is 6.07 Å². The number of nitrogen functional groups attached to an aromatic ring is 1. The number of anilines is 1. The van der Waals surface area contributed by atoms with Crippen molar-refractivity contribution in [3.05, 3.63) is 88.2 Å². The number of esters is 1. The van der Waals surface area contributed by atoms with Gasteiger partial charge in [-0.3, -0.25) is 20.0 Å². The molecule has 0 aliphatic carbocycles. The van der Waals surface area contributed by atoms with E-state index in [0.29, 0.717) is 22.6 Å². The van der Waals surface area contributed by atoms with Crippen LogP contribution in [0.25, 0.3) is 5.82 Å². The van der Waals surface area contributed by atoms with Crippen LogP contribution in [0.3, 0.4) is 0 Å². The molecular weight excluding hydrogens is 572 g/mol. The average molecular weight is 605 g/mol. The van der Waals surface area contributed by atoms with Gasteiger partial charge in [0.2, 0.25) is 5.82 Å². The fourth-order valence-corrected chi connectivity index (χ4v) is 4.12. The summed E-state index contributed by atoms with van der Waals surface area (Å²) in [7, 11) is 2.84. The summed E-state index contributed by atoms with van der Waals surface area (Å²) in [5, 5.41) is 17.9. The molecule has 15 nitrogen and oxygen atoms in total. The van der Waals surface area contributed by atoms with E-state index < -0.39 is 29.9 Å². The summed E-state index contributed by atoms with van der Waals surface area (Å²) in [6, 6.07) is 14.2. The third kappa shape index (κ3) is 7.13. The number of pyridine rings is 1. The molecule has 0 fully saturated rings. The number of carbonyl (C=O) groups is 2. The monoisotopic (exact) mass is 604 g/mol. The number of rotatable bonds is 13. The highest BCUT2D eigenvalue weighted by atomic mass is 16.7. The van der Waals surface area contributed by atoms with Gasteiger partial charge < -0.3 is 35.3 Å². The molecule has 0 spiro atoms. The molecule has 0 aliphatic heterocycles. The van der Waals surface area contributed by atoms with Crippen LogP contribution in [0.4, 0.5) is 5.69 Å². The predicted molar refractivity (Wildman–Crippen MR) is 159 cm³/mol. The third-order valence-electron chi connectivity index (χ3n) is 6.16. The fraction of sp³-hybridized carbons (Fsp3) is 0.241. The zero-order valence-electron chi connectivity index (χ0n) is 24.4. The van der Waals surface area contributed by atoms with Crippen molar-refractivity contribution in [1.29, 1.82) is 5.41 Å². The number of amides is 1. The number of likely N-dealkylation sites (N-methyl/N-ethyl adjacent to an activating group) is 1. The molecule has 230 valence electrons. The first-order valence-electron chi connectivity index (χ1n) is 13.4. The van der Waals surface area contributed by atoms with Crippen LogP contribution in [0.5, 0.6) is 17.2 Å². The Labute approximate surface area is 251 Å². The molecule has 15 heteroatoms. The molecule has 2 unspecified atom stereocenters. The summed E-state index contributed by atoms with van der Waals surface area (Å²) in [6.45, 7) is 3.17. The van der Waals surface area contributed by atoms with Gasteiger partial charge >= 0.3 is 23.9 Å². The number of hydrogen-bond donors (Lipinski definition) is 5. The first kappa shape index (κ1) is 31.1. The van der Waals surface area contributed by atoms with Gasteiger partial charge in [0.25, 0.3) is 0 Å². The van der Waals surface area contributed by atoms with Crippen molar-refractivity contribution in [3.63, 3.8) is 0 Å². The number of benzene rings is 2. The molecule has 44 heavy (non-hydrogen) atoms.